The van der Waals surface area contributed by atoms with E-state index in [1.807, 2.05) is 0 Å². The first-order valence-electron chi connectivity index (χ1n) is 5.07. The van der Waals surface area contributed by atoms with Crippen LogP contribution in [-0.2, 0) is 13.6 Å². The molecule has 1 atom stereocenters. The molecular weight excluding hydrogens is 251 g/mol. The second-order valence-electron chi connectivity index (χ2n) is 3.70. The zero-order chi connectivity index (χ0) is 13.8. The summed E-state index contributed by atoms with van der Waals surface area (Å²) in [4.78, 5) is 3.95. The maximum atomic E-state index is 12.6. The molecule has 6 nitrogen and oxygen atoms in total. The molecule has 0 radical (unpaired) electrons. The van der Waals surface area contributed by atoms with Gasteiger partial charge < -0.3 is 20.8 Å². The SMILES string of the molecule is Cn1ccnc1CNCC(/C(N)=N/O)C(F)(F)F. The molecule has 1 unspecified atom stereocenters. The van der Waals surface area contributed by atoms with Crippen LogP contribution in [0, 0.1) is 5.92 Å². The van der Waals surface area contributed by atoms with E-state index in [0.29, 0.717) is 5.82 Å². The molecule has 0 aliphatic heterocycles. The summed E-state index contributed by atoms with van der Waals surface area (Å²) in [6.07, 6.45) is -1.34. The van der Waals surface area contributed by atoms with Gasteiger partial charge in [-0.1, -0.05) is 5.16 Å². The van der Waals surface area contributed by atoms with Gasteiger partial charge in [-0.05, 0) is 0 Å². The Labute approximate surface area is 101 Å². The minimum atomic E-state index is -4.56. The zero-order valence-corrected chi connectivity index (χ0v) is 9.65. The Morgan fingerprint density at radius 2 is 2.33 bits per heavy atom. The molecule has 0 spiro atoms. The van der Waals surface area contributed by atoms with E-state index in [4.69, 9.17) is 10.9 Å². The van der Waals surface area contributed by atoms with Crippen molar-refractivity contribution in [1.82, 2.24) is 14.9 Å². The Morgan fingerprint density at radius 3 is 2.78 bits per heavy atom. The highest BCUT2D eigenvalue weighted by Crippen LogP contribution is 2.25. The van der Waals surface area contributed by atoms with E-state index in [2.05, 4.69) is 15.5 Å². The average molecular weight is 265 g/mol. The first kappa shape index (κ1) is 14.3. The van der Waals surface area contributed by atoms with Gasteiger partial charge in [0, 0.05) is 26.0 Å². The third-order valence-electron chi connectivity index (χ3n) is 2.42. The summed E-state index contributed by atoms with van der Waals surface area (Å²) >= 11 is 0. The number of nitrogens with zero attached hydrogens (tertiary/aromatic N) is 3. The highest BCUT2D eigenvalue weighted by Gasteiger charge is 2.42. The molecule has 0 aliphatic carbocycles. The molecule has 0 bridgehead atoms. The second-order valence-corrected chi connectivity index (χ2v) is 3.70. The molecule has 0 fully saturated rings. The molecule has 0 aliphatic rings. The molecular formula is C9H14F3N5O. The summed E-state index contributed by atoms with van der Waals surface area (Å²) in [6, 6.07) is 0. The van der Waals surface area contributed by atoms with E-state index in [9.17, 15) is 13.2 Å². The third-order valence-corrected chi connectivity index (χ3v) is 2.42. The summed E-state index contributed by atoms with van der Waals surface area (Å²) < 4.78 is 39.4. The van der Waals surface area contributed by atoms with E-state index < -0.39 is 24.5 Å². The monoisotopic (exact) mass is 265 g/mol. The van der Waals surface area contributed by atoms with Crippen LogP contribution < -0.4 is 11.1 Å². The molecule has 0 aromatic carbocycles. The van der Waals surface area contributed by atoms with Gasteiger partial charge in [0.05, 0.1) is 6.54 Å². The maximum Gasteiger partial charge on any atom is 0.400 e. The Bertz CT molecular complexity index is 415. The molecule has 102 valence electrons. The number of alkyl halides is 3. The molecule has 0 saturated carbocycles. The van der Waals surface area contributed by atoms with Crippen LogP contribution in [0.5, 0.6) is 0 Å². The van der Waals surface area contributed by atoms with Crippen molar-refractivity contribution in [3.63, 3.8) is 0 Å². The number of hydrogen-bond donors (Lipinski definition) is 3. The Kier molecular flexibility index (Phi) is 4.54. The average Bonchev–Trinajstić information content (AvgIpc) is 2.68. The van der Waals surface area contributed by atoms with Crippen LogP contribution >= 0.6 is 0 Å². The minimum absolute atomic E-state index is 0.161. The highest BCUT2D eigenvalue weighted by molar-refractivity contribution is 5.83. The maximum absolute atomic E-state index is 12.6. The van der Waals surface area contributed by atoms with E-state index in [0.717, 1.165) is 0 Å². The number of hydrogen-bond acceptors (Lipinski definition) is 4. The molecule has 18 heavy (non-hydrogen) atoms. The largest absolute Gasteiger partial charge is 0.409 e. The number of aromatic nitrogens is 2. The van der Waals surface area contributed by atoms with Gasteiger partial charge in [-0.25, -0.2) is 4.98 Å². The standard InChI is InChI=1S/C9H14F3N5O/c1-17-3-2-15-7(17)5-14-4-6(8(13)16-18)9(10,11)12/h2-3,6,14,18H,4-5H2,1H3,(H2,13,16). The quantitative estimate of drug-likeness (QED) is 0.312. The van der Waals surface area contributed by atoms with Crippen molar-refractivity contribution >= 4 is 5.84 Å². The predicted octanol–water partition coefficient (Wildman–Crippen LogP) is 0.435. The van der Waals surface area contributed by atoms with Crippen molar-refractivity contribution in [2.45, 2.75) is 12.7 Å². The minimum Gasteiger partial charge on any atom is -0.409 e. The van der Waals surface area contributed by atoms with Crippen molar-refractivity contribution in [2.24, 2.45) is 23.9 Å². The van der Waals surface area contributed by atoms with Crippen LogP contribution in [0.25, 0.3) is 0 Å². The van der Waals surface area contributed by atoms with Gasteiger partial charge in [-0.3, -0.25) is 0 Å². The van der Waals surface area contributed by atoms with Crippen LogP contribution in [0.15, 0.2) is 17.5 Å². The molecule has 9 heteroatoms. The summed E-state index contributed by atoms with van der Waals surface area (Å²) in [7, 11) is 1.73. The molecule has 1 aromatic heterocycles. The van der Waals surface area contributed by atoms with Gasteiger partial charge in [0.25, 0.3) is 0 Å². The number of amidine groups is 1. The third kappa shape index (κ3) is 3.62. The highest BCUT2D eigenvalue weighted by atomic mass is 19.4. The lowest BCUT2D eigenvalue weighted by molar-refractivity contribution is -0.155. The normalized spacial score (nSPS) is 14.8. The molecule has 0 amide bonds. The number of halogens is 3. The fourth-order valence-corrected chi connectivity index (χ4v) is 1.35. The Balaban J connectivity index is 2.56. The lowest BCUT2D eigenvalue weighted by Gasteiger charge is -2.19. The van der Waals surface area contributed by atoms with Crippen LogP contribution in [-0.4, -0.2) is 33.3 Å². The first-order valence-corrected chi connectivity index (χ1v) is 5.07. The lowest BCUT2D eigenvalue weighted by Crippen LogP contribution is -2.42. The van der Waals surface area contributed by atoms with E-state index in [1.54, 1.807) is 24.0 Å². The molecule has 1 rings (SSSR count). The number of imidazole rings is 1. The molecule has 1 aromatic rings. The Hall–Kier alpha value is -1.77. The molecule has 0 saturated heterocycles. The van der Waals surface area contributed by atoms with Crippen molar-refractivity contribution in [3.05, 3.63) is 18.2 Å². The van der Waals surface area contributed by atoms with E-state index >= 15 is 0 Å². The van der Waals surface area contributed by atoms with Gasteiger partial charge in [0.1, 0.15) is 11.7 Å². The van der Waals surface area contributed by atoms with Crippen LogP contribution in [0.1, 0.15) is 5.82 Å². The van der Waals surface area contributed by atoms with Crippen molar-refractivity contribution < 1.29 is 18.4 Å². The van der Waals surface area contributed by atoms with Gasteiger partial charge >= 0.3 is 6.18 Å². The van der Waals surface area contributed by atoms with Gasteiger partial charge in [-0.15, -0.1) is 0 Å². The van der Waals surface area contributed by atoms with Crippen LogP contribution in [0.2, 0.25) is 0 Å². The van der Waals surface area contributed by atoms with E-state index in [-0.39, 0.29) is 6.54 Å². The zero-order valence-electron chi connectivity index (χ0n) is 9.65. The van der Waals surface area contributed by atoms with Gasteiger partial charge in [0.15, 0.2) is 5.84 Å². The number of nitrogens with one attached hydrogen (secondary N) is 1. The second kappa shape index (κ2) is 5.71. The molecule has 1 heterocycles. The Morgan fingerprint density at radius 1 is 1.67 bits per heavy atom. The smallest absolute Gasteiger partial charge is 0.400 e. The topological polar surface area (TPSA) is 88.5 Å². The van der Waals surface area contributed by atoms with Crippen molar-refractivity contribution in [2.75, 3.05) is 6.54 Å². The van der Waals surface area contributed by atoms with Crippen molar-refractivity contribution in [3.8, 4) is 0 Å². The first-order chi connectivity index (χ1) is 8.36. The summed E-state index contributed by atoms with van der Waals surface area (Å²) in [5, 5.41) is 13.3. The summed E-state index contributed by atoms with van der Waals surface area (Å²) in [5.41, 5.74) is 5.01. The molecule has 4 N–H and O–H groups in total. The number of nitrogens with two attached hydrogens (primary N) is 1. The van der Waals surface area contributed by atoms with Crippen LogP contribution in [0.3, 0.4) is 0 Å². The summed E-state index contributed by atoms with van der Waals surface area (Å²) in [5.74, 6) is -2.30. The number of oxime groups is 1. The number of rotatable bonds is 5. The summed E-state index contributed by atoms with van der Waals surface area (Å²) in [6.45, 7) is -0.318. The van der Waals surface area contributed by atoms with E-state index in [1.165, 1.54) is 0 Å². The van der Waals surface area contributed by atoms with Gasteiger partial charge in [0.2, 0.25) is 0 Å². The van der Waals surface area contributed by atoms with Crippen LogP contribution in [0.4, 0.5) is 13.2 Å². The number of aryl methyl sites for hydroxylation is 1. The fraction of sp³-hybridized carbons (Fsp3) is 0.556. The predicted molar refractivity (Wildman–Crippen MR) is 57.9 cm³/mol. The fourth-order valence-electron chi connectivity index (χ4n) is 1.35. The lowest BCUT2D eigenvalue weighted by atomic mass is 10.1. The van der Waals surface area contributed by atoms with Gasteiger partial charge in [-0.2, -0.15) is 13.2 Å². The van der Waals surface area contributed by atoms with Crippen molar-refractivity contribution in [1.29, 1.82) is 0 Å².